The molecule has 0 fully saturated rings. The highest BCUT2D eigenvalue weighted by atomic mass is 79.9. The summed E-state index contributed by atoms with van der Waals surface area (Å²) >= 11 is 3.05. The summed E-state index contributed by atoms with van der Waals surface area (Å²) in [6, 6.07) is 4.39. The number of nitrogens with one attached hydrogen (secondary N) is 2. The molecule has 7 heteroatoms. The Balaban J connectivity index is 2.26. The second-order valence-corrected chi connectivity index (χ2v) is 4.53. The number of aromatic nitrogens is 2. The van der Waals surface area contributed by atoms with Crippen LogP contribution in [0.2, 0.25) is 0 Å². The molecule has 1 aromatic carbocycles. The van der Waals surface area contributed by atoms with Gasteiger partial charge in [-0.2, -0.15) is 4.98 Å². The van der Waals surface area contributed by atoms with Crippen molar-refractivity contribution in [3.8, 4) is 0 Å². The Kier molecular flexibility index (Phi) is 4.26. The van der Waals surface area contributed by atoms with E-state index in [1.165, 1.54) is 12.1 Å². The molecule has 0 bridgehead atoms. The molecule has 0 saturated heterocycles. The van der Waals surface area contributed by atoms with Gasteiger partial charge in [0.05, 0.1) is 10.7 Å². The van der Waals surface area contributed by atoms with Gasteiger partial charge in [0.1, 0.15) is 5.82 Å². The van der Waals surface area contributed by atoms with Crippen LogP contribution in [0.15, 0.2) is 28.9 Å². The quantitative estimate of drug-likeness (QED) is 0.898. The van der Waals surface area contributed by atoms with E-state index in [2.05, 4.69) is 36.5 Å². The van der Waals surface area contributed by atoms with Gasteiger partial charge in [-0.15, -0.1) is 0 Å². The molecule has 19 heavy (non-hydrogen) atoms. The summed E-state index contributed by atoms with van der Waals surface area (Å²) in [4.78, 5) is 7.75. The standard InChI is InChI=1S/C12H11BrF2N4/c1-2-16-12-17-6-10(15)11(19-12)18-7-3-4-8(13)9(14)5-7/h3-6H,2H2,1H3,(H2,16,17,18,19). The zero-order valence-electron chi connectivity index (χ0n) is 10.0. The third-order valence-electron chi connectivity index (χ3n) is 2.26. The van der Waals surface area contributed by atoms with Crippen molar-refractivity contribution < 1.29 is 8.78 Å². The lowest BCUT2D eigenvalue weighted by molar-refractivity contribution is 0.617. The molecular weight excluding hydrogens is 318 g/mol. The SMILES string of the molecule is CCNc1ncc(F)c(Nc2ccc(Br)c(F)c2)n1. The fourth-order valence-electron chi connectivity index (χ4n) is 1.41. The third-order valence-corrected chi connectivity index (χ3v) is 2.90. The zero-order chi connectivity index (χ0) is 13.8. The predicted molar refractivity (Wildman–Crippen MR) is 73.5 cm³/mol. The van der Waals surface area contributed by atoms with Gasteiger partial charge < -0.3 is 10.6 Å². The molecule has 0 atom stereocenters. The Hall–Kier alpha value is -1.76. The summed E-state index contributed by atoms with van der Waals surface area (Å²) in [5.41, 5.74) is 0.403. The lowest BCUT2D eigenvalue weighted by Gasteiger charge is -2.09. The van der Waals surface area contributed by atoms with E-state index in [0.29, 0.717) is 22.7 Å². The minimum Gasteiger partial charge on any atom is -0.354 e. The van der Waals surface area contributed by atoms with Crippen molar-refractivity contribution >= 4 is 33.4 Å². The highest BCUT2D eigenvalue weighted by Gasteiger charge is 2.08. The summed E-state index contributed by atoms with van der Waals surface area (Å²) in [5, 5.41) is 5.58. The summed E-state index contributed by atoms with van der Waals surface area (Å²) in [5.74, 6) is -0.743. The van der Waals surface area contributed by atoms with Gasteiger partial charge in [-0.1, -0.05) is 0 Å². The maximum absolute atomic E-state index is 13.6. The van der Waals surface area contributed by atoms with E-state index >= 15 is 0 Å². The Morgan fingerprint density at radius 1 is 1.26 bits per heavy atom. The largest absolute Gasteiger partial charge is 0.354 e. The maximum Gasteiger partial charge on any atom is 0.224 e. The highest BCUT2D eigenvalue weighted by Crippen LogP contribution is 2.23. The summed E-state index contributed by atoms with van der Waals surface area (Å²) in [6.45, 7) is 2.50. The van der Waals surface area contributed by atoms with Crippen LogP contribution in [0.3, 0.4) is 0 Å². The molecule has 1 aromatic heterocycles. The first kappa shape index (κ1) is 13.7. The molecular formula is C12H11BrF2N4. The fourth-order valence-corrected chi connectivity index (χ4v) is 1.66. The molecule has 0 spiro atoms. The molecule has 0 saturated carbocycles. The minimum absolute atomic E-state index is 0.00678. The number of halogens is 3. The first-order valence-electron chi connectivity index (χ1n) is 5.58. The van der Waals surface area contributed by atoms with Crippen LogP contribution in [0.1, 0.15) is 6.92 Å². The average molecular weight is 329 g/mol. The Morgan fingerprint density at radius 3 is 2.74 bits per heavy atom. The number of rotatable bonds is 4. The van der Waals surface area contributed by atoms with Crippen LogP contribution in [0.5, 0.6) is 0 Å². The topological polar surface area (TPSA) is 49.8 Å². The summed E-state index contributed by atoms with van der Waals surface area (Å²) < 4.78 is 27.3. The number of nitrogens with zero attached hydrogens (tertiary/aromatic N) is 2. The van der Waals surface area contributed by atoms with Gasteiger partial charge >= 0.3 is 0 Å². The molecule has 100 valence electrons. The van der Waals surface area contributed by atoms with Gasteiger partial charge in [0.25, 0.3) is 0 Å². The van der Waals surface area contributed by atoms with Crippen LogP contribution in [0.25, 0.3) is 0 Å². The van der Waals surface area contributed by atoms with Crippen molar-refractivity contribution in [1.82, 2.24) is 9.97 Å². The van der Waals surface area contributed by atoms with Crippen molar-refractivity contribution in [2.45, 2.75) is 6.92 Å². The molecule has 2 rings (SSSR count). The second-order valence-electron chi connectivity index (χ2n) is 3.67. The molecule has 0 aliphatic heterocycles. The third kappa shape index (κ3) is 3.37. The van der Waals surface area contributed by atoms with Crippen molar-refractivity contribution in [3.05, 3.63) is 40.5 Å². The van der Waals surface area contributed by atoms with Crippen LogP contribution in [0, 0.1) is 11.6 Å². The molecule has 0 radical (unpaired) electrons. The molecule has 4 nitrogen and oxygen atoms in total. The second kappa shape index (κ2) is 5.92. The van der Waals surface area contributed by atoms with Gasteiger partial charge in [0.2, 0.25) is 5.95 Å². The van der Waals surface area contributed by atoms with Crippen LogP contribution >= 0.6 is 15.9 Å². The van der Waals surface area contributed by atoms with Crippen LogP contribution in [-0.4, -0.2) is 16.5 Å². The highest BCUT2D eigenvalue weighted by molar-refractivity contribution is 9.10. The Labute approximate surface area is 117 Å². The van der Waals surface area contributed by atoms with Crippen molar-refractivity contribution in [2.75, 3.05) is 17.2 Å². The monoisotopic (exact) mass is 328 g/mol. The molecule has 2 N–H and O–H groups in total. The van der Waals surface area contributed by atoms with Gasteiger partial charge in [-0.05, 0) is 41.1 Å². The van der Waals surface area contributed by atoms with Crippen LogP contribution in [0.4, 0.5) is 26.2 Å². The van der Waals surface area contributed by atoms with E-state index in [4.69, 9.17) is 0 Å². The van der Waals surface area contributed by atoms with Crippen LogP contribution in [-0.2, 0) is 0 Å². The lowest BCUT2D eigenvalue weighted by atomic mass is 10.3. The molecule has 0 amide bonds. The molecule has 0 unspecified atom stereocenters. The zero-order valence-corrected chi connectivity index (χ0v) is 11.6. The molecule has 0 aliphatic carbocycles. The Morgan fingerprint density at radius 2 is 2.05 bits per heavy atom. The number of hydrogen-bond acceptors (Lipinski definition) is 4. The van der Waals surface area contributed by atoms with Crippen molar-refractivity contribution in [3.63, 3.8) is 0 Å². The first-order chi connectivity index (χ1) is 9.10. The first-order valence-corrected chi connectivity index (χ1v) is 6.38. The fraction of sp³-hybridized carbons (Fsp3) is 0.167. The normalized spacial score (nSPS) is 10.3. The number of anilines is 3. The smallest absolute Gasteiger partial charge is 0.224 e. The van der Waals surface area contributed by atoms with E-state index in [-0.39, 0.29) is 5.82 Å². The van der Waals surface area contributed by atoms with E-state index in [9.17, 15) is 8.78 Å². The van der Waals surface area contributed by atoms with Crippen molar-refractivity contribution in [1.29, 1.82) is 0 Å². The maximum atomic E-state index is 13.6. The molecule has 1 heterocycles. The predicted octanol–water partition coefficient (Wildman–Crippen LogP) is 3.69. The van der Waals surface area contributed by atoms with E-state index in [0.717, 1.165) is 6.20 Å². The van der Waals surface area contributed by atoms with Gasteiger partial charge in [-0.3, -0.25) is 0 Å². The lowest BCUT2D eigenvalue weighted by Crippen LogP contribution is -2.06. The molecule has 0 aliphatic rings. The van der Waals surface area contributed by atoms with E-state index < -0.39 is 11.6 Å². The van der Waals surface area contributed by atoms with Gasteiger partial charge in [0, 0.05) is 12.2 Å². The summed E-state index contributed by atoms with van der Waals surface area (Å²) in [6.07, 6.45) is 1.06. The average Bonchev–Trinajstić information content (AvgIpc) is 2.38. The van der Waals surface area contributed by atoms with Gasteiger partial charge in [-0.25, -0.2) is 13.8 Å². The van der Waals surface area contributed by atoms with E-state index in [1.807, 2.05) is 6.92 Å². The van der Waals surface area contributed by atoms with Gasteiger partial charge in [0.15, 0.2) is 11.6 Å². The van der Waals surface area contributed by atoms with Crippen molar-refractivity contribution in [2.24, 2.45) is 0 Å². The molecule has 2 aromatic rings. The van der Waals surface area contributed by atoms with Crippen LogP contribution < -0.4 is 10.6 Å². The number of hydrogen-bond donors (Lipinski definition) is 2. The number of benzene rings is 1. The Bertz CT molecular complexity index is 592. The summed E-state index contributed by atoms with van der Waals surface area (Å²) in [7, 11) is 0. The van der Waals surface area contributed by atoms with E-state index in [1.54, 1.807) is 6.07 Å². The minimum atomic E-state index is -0.607.